The molecule has 0 spiro atoms. The number of aryl methyl sites for hydroxylation is 2. The van der Waals surface area contributed by atoms with Gasteiger partial charge >= 0.3 is 12.1 Å². The average Bonchev–Trinajstić information content (AvgIpc) is 3.54. The van der Waals surface area contributed by atoms with Gasteiger partial charge in [-0.05, 0) is 84.5 Å². The van der Waals surface area contributed by atoms with E-state index in [0.717, 1.165) is 55.5 Å². The highest BCUT2D eigenvalue weighted by molar-refractivity contribution is 5.90. The fourth-order valence-corrected chi connectivity index (χ4v) is 4.87. The van der Waals surface area contributed by atoms with Crippen LogP contribution in [0.3, 0.4) is 0 Å². The number of carboxylic acids is 1. The molecule has 1 aromatic heterocycles. The maximum atomic E-state index is 12.8. The zero-order valence-corrected chi connectivity index (χ0v) is 17.7. The summed E-state index contributed by atoms with van der Waals surface area (Å²) in [6.07, 6.45) is 7.63. The number of amides is 1. The van der Waals surface area contributed by atoms with Gasteiger partial charge in [-0.3, -0.25) is 5.32 Å². The van der Waals surface area contributed by atoms with Crippen molar-refractivity contribution in [2.75, 3.05) is 5.32 Å². The van der Waals surface area contributed by atoms with Gasteiger partial charge in [-0.25, -0.2) is 14.3 Å². The van der Waals surface area contributed by atoms with Crippen molar-refractivity contribution in [2.45, 2.75) is 51.0 Å². The lowest BCUT2D eigenvalue weighted by atomic mass is 9.99. The maximum absolute atomic E-state index is 12.8. The molecule has 0 bridgehead atoms. The molecule has 0 unspecified atom stereocenters. The molecule has 7 heteroatoms. The van der Waals surface area contributed by atoms with Crippen molar-refractivity contribution in [1.82, 2.24) is 9.78 Å². The second kappa shape index (κ2) is 8.49. The second-order valence-electron chi connectivity index (χ2n) is 8.42. The van der Waals surface area contributed by atoms with E-state index < -0.39 is 18.2 Å². The van der Waals surface area contributed by atoms with Gasteiger partial charge < -0.3 is 9.84 Å². The van der Waals surface area contributed by atoms with Crippen LogP contribution in [0.2, 0.25) is 0 Å². The standard InChI is InChI=1S/C25H25N3O4/c29-24(30)22(14-16-5-1-8-19(13-16)28-12-4-11-26-28)32-25(31)27-23-20-9-2-6-17(20)15-18-7-3-10-21(18)23/h1,4-5,8,11-13,15,22H,2-3,6-7,9-10,14H2,(H,27,31)(H,29,30)/t22-/m1/s1. The third kappa shape index (κ3) is 3.98. The van der Waals surface area contributed by atoms with Crippen LogP contribution in [-0.4, -0.2) is 33.1 Å². The van der Waals surface area contributed by atoms with Gasteiger partial charge in [-0.1, -0.05) is 18.2 Å². The highest BCUT2D eigenvalue weighted by atomic mass is 16.6. The summed E-state index contributed by atoms with van der Waals surface area (Å²) in [5, 5.41) is 16.8. The fraction of sp³-hybridized carbons (Fsp3) is 0.320. The van der Waals surface area contributed by atoms with E-state index in [0.29, 0.717) is 0 Å². The first-order valence-corrected chi connectivity index (χ1v) is 11.0. The number of anilines is 1. The number of hydrogen-bond acceptors (Lipinski definition) is 4. The molecule has 2 N–H and O–H groups in total. The molecule has 0 radical (unpaired) electrons. The Morgan fingerprint density at radius 2 is 1.81 bits per heavy atom. The molecule has 0 saturated heterocycles. The Balaban J connectivity index is 1.32. The molecule has 2 aliphatic carbocycles. The monoisotopic (exact) mass is 431 g/mol. The van der Waals surface area contributed by atoms with Crippen molar-refractivity contribution in [3.05, 3.63) is 76.6 Å². The van der Waals surface area contributed by atoms with Gasteiger partial charge in [-0.2, -0.15) is 5.10 Å². The first-order chi connectivity index (χ1) is 15.6. The molecule has 0 aliphatic heterocycles. The second-order valence-corrected chi connectivity index (χ2v) is 8.42. The molecular formula is C25H25N3O4. The summed E-state index contributed by atoms with van der Waals surface area (Å²) in [6, 6.07) is 11.5. The first kappa shape index (κ1) is 20.3. The van der Waals surface area contributed by atoms with Gasteiger partial charge in [-0.15, -0.1) is 0 Å². The van der Waals surface area contributed by atoms with E-state index in [2.05, 4.69) is 16.5 Å². The summed E-state index contributed by atoms with van der Waals surface area (Å²) < 4.78 is 7.10. The highest BCUT2D eigenvalue weighted by Gasteiger charge is 2.28. The van der Waals surface area contributed by atoms with Gasteiger partial charge in [0.15, 0.2) is 0 Å². The predicted molar refractivity (Wildman–Crippen MR) is 119 cm³/mol. The van der Waals surface area contributed by atoms with Crippen LogP contribution >= 0.6 is 0 Å². The quantitative estimate of drug-likeness (QED) is 0.613. The molecule has 2 aromatic carbocycles. The van der Waals surface area contributed by atoms with Crippen molar-refractivity contribution in [2.24, 2.45) is 0 Å². The summed E-state index contributed by atoms with van der Waals surface area (Å²) >= 11 is 0. The fourth-order valence-electron chi connectivity index (χ4n) is 4.87. The minimum Gasteiger partial charge on any atom is -0.478 e. The number of aromatic nitrogens is 2. The minimum absolute atomic E-state index is 0.0723. The maximum Gasteiger partial charge on any atom is 0.412 e. The number of nitrogens with one attached hydrogen (secondary N) is 1. The number of benzene rings is 2. The number of aliphatic carboxylic acids is 1. The summed E-state index contributed by atoms with van der Waals surface area (Å²) in [5.74, 6) is -1.17. The predicted octanol–water partition coefficient (Wildman–Crippen LogP) is 4.09. The van der Waals surface area contributed by atoms with E-state index in [-0.39, 0.29) is 6.42 Å². The van der Waals surface area contributed by atoms with Gasteiger partial charge in [0, 0.05) is 18.8 Å². The van der Waals surface area contributed by atoms with Crippen LogP contribution in [0.15, 0.2) is 48.8 Å². The van der Waals surface area contributed by atoms with Crippen molar-refractivity contribution < 1.29 is 19.4 Å². The number of carbonyl (C=O) groups is 2. The van der Waals surface area contributed by atoms with Gasteiger partial charge in [0.25, 0.3) is 0 Å². The molecule has 32 heavy (non-hydrogen) atoms. The lowest BCUT2D eigenvalue weighted by Gasteiger charge is -2.18. The third-order valence-electron chi connectivity index (χ3n) is 6.33. The summed E-state index contributed by atoms with van der Waals surface area (Å²) in [7, 11) is 0. The lowest BCUT2D eigenvalue weighted by molar-refractivity contribution is -0.146. The molecule has 0 fully saturated rings. The topological polar surface area (TPSA) is 93.5 Å². The number of rotatable bonds is 6. The van der Waals surface area contributed by atoms with Crippen molar-refractivity contribution in [3.8, 4) is 5.69 Å². The number of hydrogen-bond donors (Lipinski definition) is 2. The number of fused-ring (bicyclic) bond motifs is 2. The van der Waals surface area contributed by atoms with Crippen LogP contribution < -0.4 is 5.32 Å². The Hall–Kier alpha value is -3.61. The molecule has 1 heterocycles. The number of carbonyl (C=O) groups excluding carboxylic acids is 1. The molecule has 5 rings (SSSR count). The molecule has 3 aromatic rings. The van der Waals surface area contributed by atoms with E-state index in [4.69, 9.17) is 4.74 Å². The van der Waals surface area contributed by atoms with Gasteiger partial charge in [0.1, 0.15) is 0 Å². The Bertz CT molecular complexity index is 1140. The van der Waals surface area contributed by atoms with Gasteiger partial charge in [0.2, 0.25) is 6.10 Å². The smallest absolute Gasteiger partial charge is 0.412 e. The summed E-state index contributed by atoms with van der Waals surface area (Å²) in [6.45, 7) is 0. The molecular weight excluding hydrogens is 406 g/mol. The van der Waals surface area contributed by atoms with Gasteiger partial charge in [0.05, 0.1) is 11.4 Å². The van der Waals surface area contributed by atoms with Crippen molar-refractivity contribution in [3.63, 3.8) is 0 Å². The Morgan fingerprint density at radius 3 is 2.47 bits per heavy atom. The summed E-state index contributed by atoms with van der Waals surface area (Å²) in [5.41, 5.74) is 7.37. The first-order valence-electron chi connectivity index (χ1n) is 11.0. The van der Waals surface area contributed by atoms with Crippen LogP contribution in [0, 0.1) is 0 Å². The van der Waals surface area contributed by atoms with Crippen LogP contribution in [0.1, 0.15) is 40.7 Å². The van der Waals surface area contributed by atoms with Crippen LogP contribution in [0.25, 0.3) is 5.69 Å². The molecule has 0 saturated carbocycles. The Labute approximate surface area is 186 Å². The molecule has 7 nitrogen and oxygen atoms in total. The van der Waals surface area contributed by atoms with E-state index in [1.54, 1.807) is 10.9 Å². The zero-order chi connectivity index (χ0) is 22.1. The normalized spacial score (nSPS) is 15.1. The van der Waals surface area contributed by atoms with Crippen LogP contribution in [0.5, 0.6) is 0 Å². The van der Waals surface area contributed by atoms with E-state index >= 15 is 0 Å². The largest absolute Gasteiger partial charge is 0.478 e. The number of carboxylic acid groups (broad SMARTS) is 1. The molecule has 1 atom stereocenters. The highest BCUT2D eigenvalue weighted by Crippen LogP contribution is 2.38. The van der Waals surface area contributed by atoms with Crippen molar-refractivity contribution in [1.29, 1.82) is 0 Å². The number of ether oxygens (including phenoxy) is 1. The SMILES string of the molecule is O=C(Nc1c2c(cc3c1CCC3)CCC2)O[C@H](Cc1cccc(-n2cccn2)c1)C(=O)O. The van der Waals surface area contributed by atoms with Crippen LogP contribution in [0.4, 0.5) is 10.5 Å². The van der Waals surface area contributed by atoms with E-state index in [9.17, 15) is 14.7 Å². The van der Waals surface area contributed by atoms with E-state index in [1.165, 1.54) is 22.3 Å². The zero-order valence-electron chi connectivity index (χ0n) is 17.7. The third-order valence-corrected chi connectivity index (χ3v) is 6.33. The van der Waals surface area contributed by atoms with Crippen LogP contribution in [-0.2, 0) is 41.6 Å². The van der Waals surface area contributed by atoms with E-state index in [1.807, 2.05) is 36.5 Å². The summed E-state index contributed by atoms with van der Waals surface area (Å²) in [4.78, 5) is 24.6. The lowest BCUT2D eigenvalue weighted by Crippen LogP contribution is -2.31. The van der Waals surface area contributed by atoms with Crippen molar-refractivity contribution >= 4 is 17.7 Å². The minimum atomic E-state index is -1.28. The Kier molecular flexibility index (Phi) is 5.39. The molecule has 1 amide bonds. The number of nitrogens with zero attached hydrogens (tertiary/aromatic N) is 2. The Morgan fingerprint density at radius 1 is 1.06 bits per heavy atom. The molecule has 2 aliphatic rings. The average molecular weight is 431 g/mol. The molecule has 164 valence electrons.